The van der Waals surface area contributed by atoms with E-state index in [1.165, 1.54) is 23.9 Å². The van der Waals surface area contributed by atoms with Crippen LogP contribution in [0.3, 0.4) is 0 Å². The number of thioether (sulfide) groups is 1. The first kappa shape index (κ1) is 14.5. The van der Waals surface area contributed by atoms with Gasteiger partial charge in [0.05, 0.1) is 5.69 Å². The summed E-state index contributed by atoms with van der Waals surface area (Å²) in [5.74, 6) is -0.723. The molecule has 2 aromatic rings. The summed E-state index contributed by atoms with van der Waals surface area (Å²) in [5, 5.41) is 8.95. The first-order valence-electron chi connectivity index (χ1n) is 5.25. The van der Waals surface area contributed by atoms with Gasteiger partial charge in [-0.2, -0.15) is 0 Å². The lowest BCUT2D eigenvalue weighted by molar-refractivity contribution is 0.0701. The zero-order valence-electron chi connectivity index (χ0n) is 9.81. The molecule has 0 amide bonds. The molecule has 0 aliphatic rings. The Kier molecular flexibility index (Phi) is 4.59. The minimum absolute atomic E-state index is 0.251. The Morgan fingerprint density at radius 3 is 2.95 bits per heavy atom. The van der Waals surface area contributed by atoms with E-state index in [1.54, 1.807) is 13.0 Å². The summed E-state index contributed by atoms with van der Waals surface area (Å²) in [6, 6.07) is 4.49. The zero-order valence-corrected chi connectivity index (χ0v) is 13.0. The average Bonchev–Trinajstić information content (AvgIpc) is 2.72. The van der Waals surface area contributed by atoms with Crippen molar-refractivity contribution in [1.29, 1.82) is 0 Å². The van der Waals surface area contributed by atoms with Crippen molar-refractivity contribution < 1.29 is 14.3 Å². The van der Waals surface area contributed by atoms with E-state index in [4.69, 9.17) is 5.11 Å². The number of hydrogen-bond acceptors (Lipinski definition) is 4. The number of aromatic nitrogens is 1. The van der Waals surface area contributed by atoms with Crippen molar-refractivity contribution in [3.05, 3.63) is 44.6 Å². The van der Waals surface area contributed by atoms with E-state index in [0.717, 1.165) is 21.4 Å². The van der Waals surface area contributed by atoms with Gasteiger partial charge in [-0.15, -0.1) is 11.3 Å². The van der Waals surface area contributed by atoms with Gasteiger partial charge in [0, 0.05) is 10.2 Å². The van der Waals surface area contributed by atoms with Gasteiger partial charge < -0.3 is 5.11 Å². The lowest BCUT2D eigenvalue weighted by Gasteiger charge is -2.02. The van der Waals surface area contributed by atoms with Gasteiger partial charge in [0.1, 0.15) is 10.7 Å². The Hall–Kier alpha value is -0.920. The predicted octanol–water partition coefficient (Wildman–Crippen LogP) is 4.34. The second kappa shape index (κ2) is 6.02. The largest absolute Gasteiger partial charge is 0.477 e. The van der Waals surface area contributed by atoms with Crippen LogP contribution in [0.25, 0.3) is 0 Å². The highest BCUT2D eigenvalue weighted by Gasteiger charge is 2.14. The summed E-state index contributed by atoms with van der Waals surface area (Å²) in [6.07, 6.45) is 0. The van der Waals surface area contributed by atoms with Crippen LogP contribution in [0.5, 0.6) is 0 Å². The van der Waals surface area contributed by atoms with Crippen molar-refractivity contribution in [2.24, 2.45) is 0 Å². The van der Waals surface area contributed by atoms with Gasteiger partial charge in [0.15, 0.2) is 4.34 Å². The summed E-state index contributed by atoms with van der Waals surface area (Å²) < 4.78 is 14.6. The molecule has 0 radical (unpaired) electrons. The van der Waals surface area contributed by atoms with E-state index in [-0.39, 0.29) is 10.7 Å². The monoisotopic (exact) mass is 361 g/mol. The quantitative estimate of drug-likeness (QED) is 0.822. The number of aryl methyl sites for hydroxylation is 1. The second-order valence-corrected chi connectivity index (χ2v) is 6.80. The summed E-state index contributed by atoms with van der Waals surface area (Å²) in [5.41, 5.74) is 1.33. The maximum absolute atomic E-state index is 13.1. The number of aromatic carboxylic acids is 1. The van der Waals surface area contributed by atoms with Gasteiger partial charge in [0.2, 0.25) is 0 Å². The Balaban J connectivity index is 2.12. The molecule has 0 fully saturated rings. The normalized spacial score (nSPS) is 10.7. The van der Waals surface area contributed by atoms with Crippen LogP contribution < -0.4 is 0 Å². The van der Waals surface area contributed by atoms with E-state index in [9.17, 15) is 9.18 Å². The van der Waals surface area contributed by atoms with Crippen molar-refractivity contribution in [3.8, 4) is 0 Å². The van der Waals surface area contributed by atoms with Crippen LogP contribution in [-0.2, 0) is 5.75 Å². The molecule has 19 heavy (non-hydrogen) atoms. The molecule has 0 aliphatic heterocycles. The SMILES string of the molecule is Cc1nc(SCc2cc(F)ccc2Br)sc1C(=O)O. The number of nitrogens with zero attached hydrogens (tertiary/aromatic N) is 1. The Morgan fingerprint density at radius 2 is 2.32 bits per heavy atom. The van der Waals surface area contributed by atoms with Crippen molar-refractivity contribution in [1.82, 2.24) is 4.98 Å². The summed E-state index contributed by atoms with van der Waals surface area (Å²) in [7, 11) is 0. The highest BCUT2D eigenvalue weighted by atomic mass is 79.9. The van der Waals surface area contributed by atoms with Crippen molar-refractivity contribution in [3.63, 3.8) is 0 Å². The number of hydrogen-bond donors (Lipinski definition) is 1. The molecule has 0 aliphatic carbocycles. The summed E-state index contributed by atoms with van der Waals surface area (Å²) >= 11 is 5.89. The molecule has 0 bridgehead atoms. The Labute approximate surface area is 126 Å². The smallest absolute Gasteiger partial charge is 0.347 e. The minimum Gasteiger partial charge on any atom is -0.477 e. The number of halogens is 2. The fourth-order valence-electron chi connectivity index (χ4n) is 1.43. The highest BCUT2D eigenvalue weighted by molar-refractivity contribution is 9.10. The van der Waals surface area contributed by atoms with Gasteiger partial charge >= 0.3 is 5.97 Å². The molecule has 0 saturated carbocycles. The fraction of sp³-hybridized carbons (Fsp3) is 0.167. The first-order valence-corrected chi connectivity index (χ1v) is 7.84. The third-order valence-corrected chi connectivity index (χ3v) is 5.44. The van der Waals surface area contributed by atoms with Gasteiger partial charge in [-0.05, 0) is 30.7 Å². The predicted molar refractivity (Wildman–Crippen MR) is 77.5 cm³/mol. The molecule has 0 spiro atoms. The number of thiazole rings is 1. The molecule has 1 aromatic carbocycles. The maximum Gasteiger partial charge on any atom is 0.347 e. The Morgan fingerprint density at radius 1 is 1.58 bits per heavy atom. The number of carboxylic acid groups (broad SMARTS) is 1. The standard InChI is InChI=1S/C12H9BrFNO2S2/c1-6-10(11(16)17)19-12(15-6)18-5-7-4-8(14)2-3-9(7)13/h2-4H,5H2,1H3,(H,16,17). The van der Waals surface area contributed by atoms with Crippen LogP contribution in [0.4, 0.5) is 4.39 Å². The van der Waals surface area contributed by atoms with E-state index in [2.05, 4.69) is 20.9 Å². The second-order valence-electron chi connectivity index (χ2n) is 3.72. The summed E-state index contributed by atoms with van der Waals surface area (Å²) in [6.45, 7) is 1.67. The minimum atomic E-state index is -0.964. The molecule has 0 atom stereocenters. The molecule has 1 heterocycles. The molecule has 7 heteroatoms. The van der Waals surface area contributed by atoms with E-state index >= 15 is 0 Å². The third-order valence-electron chi connectivity index (χ3n) is 2.33. The lowest BCUT2D eigenvalue weighted by Crippen LogP contribution is -1.94. The van der Waals surface area contributed by atoms with Crippen molar-refractivity contribution in [2.75, 3.05) is 0 Å². The molecule has 1 N–H and O–H groups in total. The number of rotatable bonds is 4. The van der Waals surface area contributed by atoms with E-state index in [1.807, 2.05) is 0 Å². The molecule has 1 aromatic heterocycles. The topological polar surface area (TPSA) is 50.2 Å². The first-order chi connectivity index (χ1) is 8.97. The lowest BCUT2D eigenvalue weighted by atomic mass is 10.2. The van der Waals surface area contributed by atoms with Gasteiger partial charge in [-0.1, -0.05) is 27.7 Å². The highest BCUT2D eigenvalue weighted by Crippen LogP contribution is 2.31. The van der Waals surface area contributed by atoms with E-state index in [0.29, 0.717) is 15.8 Å². The average molecular weight is 362 g/mol. The number of carboxylic acids is 1. The van der Waals surface area contributed by atoms with Crippen LogP contribution in [0, 0.1) is 12.7 Å². The van der Waals surface area contributed by atoms with Crippen LogP contribution >= 0.6 is 39.0 Å². The molecular formula is C12H9BrFNO2S2. The number of carbonyl (C=O) groups is 1. The fourth-order valence-corrected chi connectivity index (χ4v) is 4.02. The van der Waals surface area contributed by atoms with Gasteiger partial charge in [-0.25, -0.2) is 14.2 Å². The molecule has 100 valence electrons. The molecular weight excluding hydrogens is 353 g/mol. The molecule has 0 unspecified atom stereocenters. The zero-order chi connectivity index (χ0) is 14.0. The molecule has 2 rings (SSSR count). The number of benzene rings is 1. The summed E-state index contributed by atoms with van der Waals surface area (Å²) in [4.78, 5) is 15.4. The molecule has 3 nitrogen and oxygen atoms in total. The van der Waals surface area contributed by atoms with Crippen molar-refractivity contribution in [2.45, 2.75) is 17.0 Å². The van der Waals surface area contributed by atoms with Crippen LogP contribution in [0.2, 0.25) is 0 Å². The maximum atomic E-state index is 13.1. The van der Waals surface area contributed by atoms with Crippen molar-refractivity contribution >= 4 is 45.0 Å². The Bertz CT molecular complexity index is 630. The van der Waals surface area contributed by atoms with Crippen LogP contribution in [0.15, 0.2) is 27.0 Å². The molecule has 0 saturated heterocycles. The van der Waals surface area contributed by atoms with Crippen LogP contribution in [-0.4, -0.2) is 16.1 Å². The van der Waals surface area contributed by atoms with E-state index < -0.39 is 5.97 Å². The third kappa shape index (κ3) is 3.55. The van der Waals surface area contributed by atoms with Gasteiger partial charge in [-0.3, -0.25) is 0 Å². The van der Waals surface area contributed by atoms with Crippen LogP contribution in [0.1, 0.15) is 20.9 Å². The van der Waals surface area contributed by atoms with Gasteiger partial charge in [0.25, 0.3) is 0 Å².